The average molecular weight is 459 g/mol. The summed E-state index contributed by atoms with van der Waals surface area (Å²) in [4.78, 5) is 0. The summed E-state index contributed by atoms with van der Waals surface area (Å²) in [5.41, 5.74) is 7.98. The Kier molecular flexibility index (Phi) is 5.03. The highest BCUT2D eigenvalue weighted by molar-refractivity contribution is 5.91. The van der Waals surface area contributed by atoms with Gasteiger partial charge in [0, 0.05) is 11.8 Å². The monoisotopic (exact) mass is 458 g/mol. The molecule has 2 atom stereocenters. The van der Waals surface area contributed by atoms with Gasteiger partial charge in [-0.05, 0) is 66.7 Å². The van der Waals surface area contributed by atoms with E-state index in [-0.39, 0.29) is 0 Å². The Balaban J connectivity index is 1.46. The summed E-state index contributed by atoms with van der Waals surface area (Å²) in [6, 6.07) is 44.3. The minimum Gasteiger partial charge on any atom is -0.0760 e. The first kappa shape index (κ1) is 20.9. The number of rotatable bonds is 3. The molecule has 36 heavy (non-hydrogen) atoms. The summed E-state index contributed by atoms with van der Waals surface area (Å²) in [5.74, 6) is 0.625. The highest BCUT2D eigenvalue weighted by Crippen LogP contribution is 2.40. The quantitative estimate of drug-likeness (QED) is 0.267. The second-order valence-corrected chi connectivity index (χ2v) is 9.70. The third-order valence-electron chi connectivity index (χ3n) is 7.65. The first-order valence-corrected chi connectivity index (χ1v) is 12.7. The second kappa shape index (κ2) is 8.66. The van der Waals surface area contributed by atoms with E-state index in [1.54, 1.807) is 0 Å². The van der Waals surface area contributed by atoms with Crippen molar-refractivity contribution in [1.82, 2.24) is 0 Å². The molecule has 0 bridgehead atoms. The van der Waals surface area contributed by atoms with Crippen LogP contribution >= 0.6 is 0 Å². The van der Waals surface area contributed by atoms with E-state index in [1.807, 2.05) is 0 Å². The van der Waals surface area contributed by atoms with E-state index in [0.29, 0.717) is 11.8 Å². The van der Waals surface area contributed by atoms with Gasteiger partial charge in [0.1, 0.15) is 0 Å². The molecule has 0 nitrogen and oxygen atoms in total. The molecule has 0 saturated carbocycles. The summed E-state index contributed by atoms with van der Waals surface area (Å²) in [6.07, 6.45) is 9.20. The van der Waals surface area contributed by atoms with Crippen molar-refractivity contribution in [3.63, 3.8) is 0 Å². The standard InChI is InChI=1S/C36H26/c1-3-11-25(12-4-1)27-19-20-29-24-30(22-21-28(29)23-27)36-33-17-9-7-15-31(33)35(26-13-5-2-6-14-26)32-16-8-10-18-34(32)36/h1-24,31,33H. The number of fused-ring (bicyclic) bond motifs is 3. The highest BCUT2D eigenvalue weighted by atomic mass is 14.3. The molecule has 2 aliphatic rings. The van der Waals surface area contributed by atoms with Crippen LogP contribution < -0.4 is 10.4 Å². The first-order chi connectivity index (χ1) is 17.9. The molecule has 2 aliphatic carbocycles. The van der Waals surface area contributed by atoms with Crippen LogP contribution in [0.2, 0.25) is 0 Å². The number of benzene rings is 5. The van der Waals surface area contributed by atoms with Crippen LogP contribution in [-0.2, 0) is 0 Å². The number of allylic oxidation sites excluding steroid dienone is 4. The molecule has 170 valence electrons. The molecule has 0 amide bonds. The van der Waals surface area contributed by atoms with Crippen molar-refractivity contribution in [2.24, 2.45) is 11.8 Å². The minimum atomic E-state index is 0.307. The van der Waals surface area contributed by atoms with Crippen molar-refractivity contribution < 1.29 is 0 Å². The fourth-order valence-electron chi connectivity index (χ4n) is 6.01. The molecule has 2 unspecified atom stereocenters. The first-order valence-electron chi connectivity index (χ1n) is 12.7. The zero-order valence-electron chi connectivity index (χ0n) is 20.0. The van der Waals surface area contributed by atoms with Crippen LogP contribution in [0.25, 0.3) is 33.0 Å². The Morgan fingerprint density at radius 3 is 1.44 bits per heavy atom. The van der Waals surface area contributed by atoms with E-state index in [9.17, 15) is 0 Å². The molecule has 7 rings (SSSR count). The average Bonchev–Trinajstić information content (AvgIpc) is 2.96. The highest BCUT2D eigenvalue weighted by Gasteiger charge is 2.31. The van der Waals surface area contributed by atoms with E-state index >= 15 is 0 Å². The van der Waals surface area contributed by atoms with Gasteiger partial charge in [0.25, 0.3) is 0 Å². The van der Waals surface area contributed by atoms with Crippen LogP contribution in [0.4, 0.5) is 0 Å². The van der Waals surface area contributed by atoms with Crippen molar-refractivity contribution in [3.8, 4) is 11.1 Å². The molecule has 0 radical (unpaired) electrons. The van der Waals surface area contributed by atoms with Crippen LogP contribution in [0.15, 0.2) is 146 Å². The van der Waals surface area contributed by atoms with Gasteiger partial charge in [0.15, 0.2) is 0 Å². The summed E-state index contributed by atoms with van der Waals surface area (Å²) in [6.45, 7) is 0. The van der Waals surface area contributed by atoms with Gasteiger partial charge < -0.3 is 0 Å². The van der Waals surface area contributed by atoms with Gasteiger partial charge in [0.05, 0.1) is 0 Å². The lowest BCUT2D eigenvalue weighted by Crippen LogP contribution is -2.40. The van der Waals surface area contributed by atoms with Crippen molar-refractivity contribution in [1.29, 1.82) is 0 Å². The van der Waals surface area contributed by atoms with E-state index < -0.39 is 0 Å². The Bertz CT molecular complexity index is 1770. The predicted molar refractivity (Wildman–Crippen MR) is 152 cm³/mol. The topological polar surface area (TPSA) is 0 Å². The smallest absolute Gasteiger partial charge is 0.0137 e. The van der Waals surface area contributed by atoms with Crippen molar-refractivity contribution in [2.75, 3.05) is 0 Å². The Hall–Kier alpha value is -4.42. The molecule has 0 spiro atoms. The predicted octanol–water partition coefficient (Wildman–Crippen LogP) is 7.28. The van der Waals surface area contributed by atoms with Gasteiger partial charge in [0.2, 0.25) is 0 Å². The normalized spacial score (nSPS) is 18.2. The molecule has 0 heteroatoms. The van der Waals surface area contributed by atoms with E-state index in [2.05, 4.69) is 146 Å². The lowest BCUT2D eigenvalue weighted by molar-refractivity contribution is 0.686. The maximum atomic E-state index is 2.39. The lowest BCUT2D eigenvalue weighted by Gasteiger charge is -2.33. The van der Waals surface area contributed by atoms with Crippen LogP contribution in [0.1, 0.15) is 11.1 Å². The van der Waals surface area contributed by atoms with Crippen LogP contribution in [0, 0.1) is 11.8 Å². The number of hydrogen-bond donors (Lipinski definition) is 0. The maximum Gasteiger partial charge on any atom is 0.0137 e. The van der Waals surface area contributed by atoms with Gasteiger partial charge in [-0.3, -0.25) is 0 Å². The lowest BCUT2D eigenvalue weighted by atomic mass is 9.70. The Morgan fingerprint density at radius 1 is 0.361 bits per heavy atom. The molecule has 0 fully saturated rings. The van der Waals surface area contributed by atoms with Gasteiger partial charge >= 0.3 is 0 Å². The van der Waals surface area contributed by atoms with E-state index in [1.165, 1.54) is 54.6 Å². The zero-order chi connectivity index (χ0) is 23.9. The van der Waals surface area contributed by atoms with Crippen molar-refractivity contribution >= 4 is 21.9 Å². The number of hydrogen-bond acceptors (Lipinski definition) is 0. The summed E-state index contributed by atoms with van der Waals surface area (Å²) in [5, 5.41) is 5.25. The minimum absolute atomic E-state index is 0.307. The second-order valence-electron chi connectivity index (χ2n) is 9.70. The van der Waals surface area contributed by atoms with Crippen LogP contribution in [0.3, 0.4) is 0 Å². The fraction of sp³-hybridized carbons (Fsp3) is 0.0556. The Labute approximate surface area is 211 Å². The largest absolute Gasteiger partial charge is 0.0760 e. The molecule has 5 aromatic rings. The van der Waals surface area contributed by atoms with E-state index in [4.69, 9.17) is 0 Å². The molecule has 0 heterocycles. The summed E-state index contributed by atoms with van der Waals surface area (Å²) >= 11 is 0. The Morgan fingerprint density at radius 2 is 0.833 bits per heavy atom. The van der Waals surface area contributed by atoms with Gasteiger partial charge in [-0.25, -0.2) is 0 Å². The molecule has 0 saturated heterocycles. The fourth-order valence-corrected chi connectivity index (χ4v) is 6.01. The van der Waals surface area contributed by atoms with Crippen LogP contribution in [0.5, 0.6) is 0 Å². The van der Waals surface area contributed by atoms with Gasteiger partial charge in [-0.1, -0.05) is 133 Å². The van der Waals surface area contributed by atoms with Crippen molar-refractivity contribution in [3.05, 3.63) is 167 Å². The maximum absolute atomic E-state index is 2.39. The molecular weight excluding hydrogens is 432 g/mol. The SMILES string of the molecule is C1=CC2C(c3ccccc3)=c3ccccc3=C(c3ccc4cc(-c5ccccc5)ccc4c3)C2C=C1. The molecule has 0 aliphatic heterocycles. The van der Waals surface area contributed by atoms with Crippen LogP contribution in [-0.4, -0.2) is 0 Å². The molecule has 0 N–H and O–H groups in total. The van der Waals surface area contributed by atoms with Crippen molar-refractivity contribution in [2.45, 2.75) is 0 Å². The van der Waals surface area contributed by atoms with Gasteiger partial charge in [-0.2, -0.15) is 0 Å². The third kappa shape index (κ3) is 3.46. The zero-order valence-corrected chi connectivity index (χ0v) is 20.0. The summed E-state index contributed by atoms with van der Waals surface area (Å²) < 4.78 is 0. The van der Waals surface area contributed by atoms with Gasteiger partial charge in [-0.15, -0.1) is 0 Å². The van der Waals surface area contributed by atoms with E-state index in [0.717, 1.165) is 0 Å². The molecular formula is C36H26. The molecule has 0 aromatic heterocycles. The summed E-state index contributed by atoms with van der Waals surface area (Å²) in [7, 11) is 0. The third-order valence-corrected chi connectivity index (χ3v) is 7.65. The molecule has 5 aromatic carbocycles.